The number of aliphatic imine (C=N–C) groups is 1. The Labute approximate surface area is 128 Å². The molecule has 0 aliphatic carbocycles. The van der Waals surface area contributed by atoms with Gasteiger partial charge in [-0.25, -0.2) is 4.99 Å². The van der Waals surface area contributed by atoms with Crippen molar-refractivity contribution in [3.8, 4) is 0 Å². The molecule has 0 spiro atoms. The molecule has 0 N–H and O–H groups in total. The van der Waals surface area contributed by atoms with E-state index in [1.165, 1.54) is 17.8 Å². The van der Waals surface area contributed by atoms with Gasteiger partial charge in [0.15, 0.2) is 5.17 Å². The van der Waals surface area contributed by atoms with E-state index >= 15 is 0 Å². The van der Waals surface area contributed by atoms with Crippen LogP contribution in [0.5, 0.6) is 0 Å². The third-order valence-corrected chi connectivity index (χ3v) is 3.94. The van der Waals surface area contributed by atoms with Crippen molar-refractivity contribution in [2.24, 2.45) is 4.99 Å². The highest BCUT2D eigenvalue weighted by atomic mass is 32.2. The molecule has 0 saturated heterocycles. The second-order valence-corrected chi connectivity index (χ2v) is 5.27. The molecule has 1 aromatic carbocycles. The summed E-state index contributed by atoms with van der Waals surface area (Å²) in [5, 5.41) is 12.0. The summed E-state index contributed by atoms with van der Waals surface area (Å²) in [5.74, 6) is 0. The van der Waals surface area contributed by atoms with E-state index in [2.05, 4.69) is 11.6 Å². The third-order valence-electron chi connectivity index (χ3n) is 3.26. The molecule has 0 amide bonds. The monoisotopic (exact) mass is 303 g/mol. The molecule has 5 nitrogen and oxygen atoms in total. The molecule has 0 unspecified atom stereocenters. The number of allylic oxidation sites excluding steroid dienone is 1. The highest BCUT2D eigenvalue weighted by molar-refractivity contribution is 8.13. The standard InChI is InChI=1S/C15H17N3O2S/c1-4-11(2)17-10-9-13(16-15(17)21-3)12-7-5-6-8-14(12)18(19)20/h5-9H,2,4,10H2,1,3H3. The van der Waals surface area contributed by atoms with Gasteiger partial charge in [-0.05, 0) is 24.8 Å². The molecular weight excluding hydrogens is 286 g/mol. The van der Waals surface area contributed by atoms with Gasteiger partial charge in [0, 0.05) is 18.3 Å². The second kappa shape index (κ2) is 6.58. The summed E-state index contributed by atoms with van der Waals surface area (Å²) >= 11 is 1.51. The van der Waals surface area contributed by atoms with Crippen LogP contribution < -0.4 is 0 Å². The van der Waals surface area contributed by atoms with Crippen LogP contribution in [0.1, 0.15) is 18.9 Å². The first-order valence-electron chi connectivity index (χ1n) is 6.60. The second-order valence-electron chi connectivity index (χ2n) is 4.49. The number of nitro benzene ring substituents is 1. The first-order valence-corrected chi connectivity index (χ1v) is 7.83. The zero-order valence-corrected chi connectivity index (χ0v) is 12.9. The third kappa shape index (κ3) is 3.16. The largest absolute Gasteiger partial charge is 0.321 e. The molecule has 1 aliphatic heterocycles. The fourth-order valence-corrected chi connectivity index (χ4v) is 2.71. The number of nitro groups is 1. The number of amidine groups is 1. The summed E-state index contributed by atoms with van der Waals surface area (Å²) < 4.78 is 0. The van der Waals surface area contributed by atoms with Gasteiger partial charge in [-0.15, -0.1) is 0 Å². The predicted octanol–water partition coefficient (Wildman–Crippen LogP) is 3.89. The van der Waals surface area contributed by atoms with Crippen LogP contribution in [0.15, 0.2) is 47.6 Å². The van der Waals surface area contributed by atoms with Gasteiger partial charge in [-0.1, -0.05) is 37.4 Å². The minimum Gasteiger partial charge on any atom is -0.321 e. The average Bonchev–Trinajstić information content (AvgIpc) is 2.53. The number of hydrogen-bond donors (Lipinski definition) is 0. The number of hydrogen-bond acceptors (Lipinski definition) is 5. The van der Waals surface area contributed by atoms with E-state index < -0.39 is 0 Å². The molecule has 2 rings (SSSR count). The van der Waals surface area contributed by atoms with Gasteiger partial charge in [-0.3, -0.25) is 10.1 Å². The van der Waals surface area contributed by atoms with Crippen molar-refractivity contribution >= 4 is 28.3 Å². The van der Waals surface area contributed by atoms with E-state index in [1.807, 2.05) is 24.2 Å². The molecular formula is C15H17N3O2S. The van der Waals surface area contributed by atoms with Gasteiger partial charge in [-0.2, -0.15) is 0 Å². The van der Waals surface area contributed by atoms with Gasteiger partial charge >= 0.3 is 0 Å². The summed E-state index contributed by atoms with van der Waals surface area (Å²) in [4.78, 5) is 17.4. The zero-order valence-electron chi connectivity index (χ0n) is 12.1. The number of rotatable bonds is 4. The van der Waals surface area contributed by atoms with Crippen molar-refractivity contribution < 1.29 is 4.92 Å². The Bertz CT molecular complexity index is 638. The molecule has 0 saturated carbocycles. The number of benzene rings is 1. The fraction of sp³-hybridized carbons (Fsp3) is 0.267. The topological polar surface area (TPSA) is 58.7 Å². The molecule has 21 heavy (non-hydrogen) atoms. The highest BCUT2D eigenvalue weighted by Crippen LogP contribution is 2.30. The first-order chi connectivity index (χ1) is 10.1. The van der Waals surface area contributed by atoms with Crippen molar-refractivity contribution in [2.45, 2.75) is 13.3 Å². The lowest BCUT2D eigenvalue weighted by Gasteiger charge is -2.28. The summed E-state index contributed by atoms with van der Waals surface area (Å²) in [5.41, 5.74) is 2.26. The maximum Gasteiger partial charge on any atom is 0.278 e. The van der Waals surface area contributed by atoms with Crippen molar-refractivity contribution in [3.63, 3.8) is 0 Å². The van der Waals surface area contributed by atoms with E-state index in [9.17, 15) is 10.1 Å². The van der Waals surface area contributed by atoms with Gasteiger partial charge < -0.3 is 4.90 Å². The van der Waals surface area contributed by atoms with Crippen LogP contribution in [0.2, 0.25) is 0 Å². The Morgan fingerprint density at radius 3 is 2.86 bits per heavy atom. The zero-order chi connectivity index (χ0) is 15.4. The van der Waals surface area contributed by atoms with Crippen LogP contribution in [-0.2, 0) is 0 Å². The van der Waals surface area contributed by atoms with Crippen LogP contribution in [0, 0.1) is 10.1 Å². The van der Waals surface area contributed by atoms with Crippen LogP contribution in [-0.4, -0.2) is 27.8 Å². The minimum absolute atomic E-state index is 0.0794. The normalized spacial score (nSPS) is 14.5. The molecule has 6 heteroatoms. The molecule has 1 aliphatic rings. The number of para-hydroxylation sites is 1. The van der Waals surface area contributed by atoms with E-state index in [0.717, 1.165) is 17.3 Å². The van der Waals surface area contributed by atoms with Crippen molar-refractivity contribution in [2.75, 3.05) is 12.8 Å². The predicted molar refractivity (Wildman–Crippen MR) is 88.2 cm³/mol. The lowest BCUT2D eigenvalue weighted by Crippen LogP contribution is -2.30. The smallest absolute Gasteiger partial charge is 0.278 e. The number of thioether (sulfide) groups is 1. The Morgan fingerprint density at radius 2 is 2.24 bits per heavy atom. The lowest BCUT2D eigenvalue weighted by molar-refractivity contribution is -0.385. The summed E-state index contributed by atoms with van der Waals surface area (Å²) in [6.07, 6.45) is 4.69. The van der Waals surface area contributed by atoms with E-state index in [-0.39, 0.29) is 10.6 Å². The fourth-order valence-electron chi connectivity index (χ4n) is 2.10. The maximum absolute atomic E-state index is 11.1. The molecule has 0 fully saturated rings. The van der Waals surface area contributed by atoms with Crippen LogP contribution in [0.25, 0.3) is 5.70 Å². The SMILES string of the molecule is C=C(CC)N1CC=C(c2ccccc2[N+](=O)[O-])N=C1SC. The van der Waals surface area contributed by atoms with Gasteiger partial charge in [0.05, 0.1) is 16.2 Å². The average molecular weight is 303 g/mol. The Balaban J connectivity index is 2.40. The minimum atomic E-state index is -0.373. The Hall–Kier alpha value is -2.08. The Kier molecular flexibility index (Phi) is 4.80. The van der Waals surface area contributed by atoms with Gasteiger partial charge in [0.25, 0.3) is 5.69 Å². The summed E-state index contributed by atoms with van der Waals surface area (Å²) in [7, 11) is 0. The quantitative estimate of drug-likeness (QED) is 0.625. The number of nitrogens with zero attached hydrogens (tertiary/aromatic N) is 3. The molecule has 110 valence electrons. The van der Waals surface area contributed by atoms with Crippen LogP contribution in [0.4, 0.5) is 5.69 Å². The van der Waals surface area contributed by atoms with Crippen molar-refractivity contribution in [1.82, 2.24) is 4.90 Å². The molecule has 0 bridgehead atoms. The van der Waals surface area contributed by atoms with E-state index in [4.69, 9.17) is 0 Å². The summed E-state index contributed by atoms with van der Waals surface area (Å²) in [6, 6.07) is 6.68. The van der Waals surface area contributed by atoms with Crippen molar-refractivity contribution in [1.29, 1.82) is 0 Å². The van der Waals surface area contributed by atoms with Gasteiger partial charge in [0.2, 0.25) is 0 Å². The molecule has 0 atom stereocenters. The van der Waals surface area contributed by atoms with Crippen molar-refractivity contribution in [3.05, 3.63) is 58.3 Å². The first kappa shape index (κ1) is 15.3. The molecule has 1 aromatic rings. The summed E-state index contributed by atoms with van der Waals surface area (Å²) in [6.45, 7) is 6.71. The molecule has 0 radical (unpaired) electrons. The molecule has 1 heterocycles. The maximum atomic E-state index is 11.1. The lowest BCUT2D eigenvalue weighted by atomic mass is 10.1. The molecule has 0 aromatic heterocycles. The van der Waals surface area contributed by atoms with Crippen LogP contribution >= 0.6 is 11.8 Å². The van der Waals surface area contributed by atoms with E-state index in [1.54, 1.807) is 18.2 Å². The van der Waals surface area contributed by atoms with E-state index in [0.29, 0.717) is 17.8 Å². The highest BCUT2D eigenvalue weighted by Gasteiger charge is 2.22. The Morgan fingerprint density at radius 1 is 1.52 bits per heavy atom. The van der Waals surface area contributed by atoms with Crippen LogP contribution in [0.3, 0.4) is 0 Å². The van der Waals surface area contributed by atoms with Gasteiger partial charge in [0.1, 0.15) is 0 Å².